The van der Waals surface area contributed by atoms with Gasteiger partial charge in [-0.15, -0.1) is 6.58 Å². The average molecular weight is 411 g/mol. The summed E-state index contributed by atoms with van der Waals surface area (Å²) >= 11 is 13.3. The lowest BCUT2D eigenvalue weighted by Crippen LogP contribution is -2.20. The van der Waals surface area contributed by atoms with E-state index in [1.54, 1.807) is 6.08 Å². The first-order valence-corrected chi connectivity index (χ1v) is 8.86. The Bertz CT molecular complexity index is 748. The van der Waals surface area contributed by atoms with Gasteiger partial charge in [-0.05, 0) is 41.9 Å². The number of hydrogen-bond donors (Lipinski definition) is 2. The fourth-order valence-corrected chi connectivity index (χ4v) is 3.28. The van der Waals surface area contributed by atoms with Crippen molar-refractivity contribution in [2.24, 2.45) is 0 Å². The molecule has 0 unspecified atom stereocenters. The maximum Gasteiger partial charge on any atom is 0.417 e. The van der Waals surface area contributed by atoms with E-state index in [2.05, 4.69) is 26.6 Å². The molecule has 0 aliphatic rings. The molecule has 2 aromatic rings. The van der Waals surface area contributed by atoms with Crippen LogP contribution in [0.1, 0.15) is 5.56 Å². The molecule has 0 aliphatic heterocycles. The molecule has 2 N–H and O–H groups in total. The van der Waals surface area contributed by atoms with Gasteiger partial charge in [0.2, 0.25) is 5.95 Å². The van der Waals surface area contributed by atoms with Crippen molar-refractivity contribution in [3.8, 4) is 0 Å². The van der Waals surface area contributed by atoms with Crippen LogP contribution in [0.15, 0.2) is 35.2 Å². The minimum absolute atomic E-state index is 0.0727. The van der Waals surface area contributed by atoms with Gasteiger partial charge in [0, 0.05) is 11.4 Å². The van der Waals surface area contributed by atoms with Gasteiger partial charge in [-0.3, -0.25) is 0 Å². The van der Waals surface area contributed by atoms with Crippen molar-refractivity contribution in [2.75, 3.05) is 16.4 Å². The van der Waals surface area contributed by atoms with Gasteiger partial charge >= 0.3 is 6.18 Å². The molecule has 0 atom stereocenters. The van der Waals surface area contributed by atoms with Crippen LogP contribution in [0, 0.1) is 0 Å². The van der Waals surface area contributed by atoms with Gasteiger partial charge in [-0.25, -0.2) is 0 Å². The number of rotatable bonds is 5. The van der Waals surface area contributed by atoms with E-state index >= 15 is 0 Å². The number of aromatic nitrogens is 2. The van der Waals surface area contributed by atoms with Crippen LogP contribution in [0.3, 0.4) is 0 Å². The minimum Gasteiger partial charge on any atom is -0.332 e. The molecule has 0 saturated heterocycles. The van der Waals surface area contributed by atoms with Gasteiger partial charge in [0.15, 0.2) is 9.45 Å². The largest absolute Gasteiger partial charge is 0.417 e. The zero-order valence-electron chi connectivity index (χ0n) is 11.9. The smallest absolute Gasteiger partial charge is 0.332 e. The number of thioether (sulfide) groups is 1. The van der Waals surface area contributed by atoms with E-state index in [1.165, 1.54) is 29.4 Å². The van der Waals surface area contributed by atoms with Crippen molar-refractivity contribution >= 4 is 63.9 Å². The molecule has 0 spiro atoms. The molecule has 0 bridgehead atoms. The first kappa shape index (κ1) is 19.0. The van der Waals surface area contributed by atoms with Crippen molar-refractivity contribution in [3.63, 3.8) is 0 Å². The molecule has 1 aromatic heterocycles. The predicted molar refractivity (Wildman–Crippen MR) is 97.1 cm³/mol. The van der Waals surface area contributed by atoms with Crippen LogP contribution in [-0.2, 0) is 6.18 Å². The number of anilines is 2. The maximum absolute atomic E-state index is 12.8. The van der Waals surface area contributed by atoms with Gasteiger partial charge in [0.1, 0.15) is 0 Å². The lowest BCUT2D eigenvalue weighted by Gasteiger charge is -2.12. The highest BCUT2D eigenvalue weighted by Gasteiger charge is 2.33. The highest BCUT2D eigenvalue weighted by atomic mass is 35.5. The van der Waals surface area contributed by atoms with Gasteiger partial charge < -0.3 is 10.6 Å². The Morgan fingerprint density at radius 3 is 2.83 bits per heavy atom. The minimum atomic E-state index is -4.54. The summed E-state index contributed by atoms with van der Waals surface area (Å²) in [5.41, 5.74) is -0.785. The molecular formula is C13H10ClF3N4S3. The Kier molecular flexibility index (Phi) is 6.44. The second-order valence-corrected chi connectivity index (χ2v) is 7.09. The van der Waals surface area contributed by atoms with Gasteiger partial charge in [0.25, 0.3) is 0 Å². The van der Waals surface area contributed by atoms with Gasteiger partial charge in [-0.1, -0.05) is 29.4 Å². The Hall–Kier alpha value is -1.36. The summed E-state index contributed by atoms with van der Waals surface area (Å²) in [6.07, 6.45) is -2.80. The quantitative estimate of drug-likeness (QED) is 0.396. The fraction of sp³-hybridized carbons (Fsp3) is 0.154. The third-order valence-electron chi connectivity index (χ3n) is 2.49. The maximum atomic E-state index is 12.8. The SMILES string of the molecule is C=CCSc1nc(NC(=S)Nc2ccc(Cl)c(C(F)(F)F)c2)ns1. The fourth-order valence-electron chi connectivity index (χ4n) is 1.53. The average Bonchev–Trinajstić information content (AvgIpc) is 2.93. The van der Waals surface area contributed by atoms with E-state index in [1.807, 2.05) is 0 Å². The Morgan fingerprint density at radius 1 is 1.42 bits per heavy atom. The summed E-state index contributed by atoms with van der Waals surface area (Å²) in [5, 5.41) is 5.06. The number of halogens is 4. The van der Waals surface area contributed by atoms with Gasteiger partial charge in [-0.2, -0.15) is 22.5 Å². The number of thiocarbonyl (C=S) groups is 1. The van der Waals surface area contributed by atoms with Crippen LogP contribution in [0.25, 0.3) is 0 Å². The molecule has 24 heavy (non-hydrogen) atoms. The summed E-state index contributed by atoms with van der Waals surface area (Å²) in [4.78, 5) is 4.18. The second-order valence-electron chi connectivity index (χ2n) is 4.26. The standard InChI is InChI=1S/C13H10ClF3N4S3/c1-2-5-23-12-20-10(21-24-12)19-11(22)18-7-3-4-9(14)8(6-7)13(15,16)17/h2-4,6H,1,5H2,(H2,18,19,21,22). The molecular weight excluding hydrogens is 401 g/mol. The van der Waals surface area contributed by atoms with Crippen LogP contribution >= 0.6 is 47.1 Å². The number of nitrogens with one attached hydrogen (secondary N) is 2. The molecule has 11 heteroatoms. The number of hydrogen-bond acceptors (Lipinski definition) is 5. The highest BCUT2D eigenvalue weighted by molar-refractivity contribution is 8.01. The van der Waals surface area contributed by atoms with Crippen molar-refractivity contribution in [1.29, 1.82) is 0 Å². The lowest BCUT2D eigenvalue weighted by atomic mass is 10.2. The summed E-state index contributed by atoms with van der Waals surface area (Å²) in [6, 6.07) is 3.43. The van der Waals surface area contributed by atoms with Crippen LogP contribution in [0.4, 0.5) is 24.8 Å². The molecule has 0 radical (unpaired) electrons. The van der Waals surface area contributed by atoms with Gasteiger partial charge in [0.05, 0.1) is 10.6 Å². The molecule has 2 rings (SSSR count). The van der Waals surface area contributed by atoms with E-state index in [9.17, 15) is 13.2 Å². The van der Waals surface area contributed by atoms with Crippen LogP contribution < -0.4 is 10.6 Å². The van der Waals surface area contributed by atoms with Crippen molar-refractivity contribution in [3.05, 3.63) is 41.4 Å². The molecule has 0 amide bonds. The molecule has 0 saturated carbocycles. The Balaban J connectivity index is 2.02. The van der Waals surface area contributed by atoms with E-state index in [4.69, 9.17) is 23.8 Å². The number of alkyl halides is 3. The summed E-state index contributed by atoms with van der Waals surface area (Å²) in [5.74, 6) is 0.969. The molecule has 1 heterocycles. The summed E-state index contributed by atoms with van der Waals surface area (Å²) in [7, 11) is 0. The molecule has 4 nitrogen and oxygen atoms in total. The van der Waals surface area contributed by atoms with E-state index in [-0.39, 0.29) is 21.8 Å². The van der Waals surface area contributed by atoms with Crippen molar-refractivity contribution < 1.29 is 13.2 Å². The molecule has 128 valence electrons. The Labute approximate surface area is 154 Å². The third-order valence-corrected chi connectivity index (χ3v) is 4.85. The zero-order valence-corrected chi connectivity index (χ0v) is 15.1. The Morgan fingerprint density at radius 2 is 2.17 bits per heavy atom. The topological polar surface area (TPSA) is 49.8 Å². The molecule has 0 fully saturated rings. The van der Waals surface area contributed by atoms with E-state index in [0.717, 1.165) is 16.5 Å². The third kappa shape index (κ3) is 5.33. The first-order chi connectivity index (χ1) is 11.3. The summed E-state index contributed by atoms with van der Waals surface area (Å²) in [6.45, 7) is 3.61. The monoisotopic (exact) mass is 410 g/mol. The van der Waals surface area contributed by atoms with Crippen molar-refractivity contribution in [2.45, 2.75) is 10.5 Å². The van der Waals surface area contributed by atoms with E-state index in [0.29, 0.717) is 5.75 Å². The van der Waals surface area contributed by atoms with Crippen LogP contribution in [-0.4, -0.2) is 20.2 Å². The van der Waals surface area contributed by atoms with Crippen LogP contribution in [0.2, 0.25) is 5.02 Å². The normalized spacial score (nSPS) is 11.2. The van der Waals surface area contributed by atoms with Crippen molar-refractivity contribution in [1.82, 2.24) is 9.36 Å². The highest BCUT2D eigenvalue weighted by Crippen LogP contribution is 2.36. The lowest BCUT2D eigenvalue weighted by molar-refractivity contribution is -0.137. The first-order valence-electron chi connectivity index (χ1n) is 6.31. The van der Waals surface area contributed by atoms with E-state index < -0.39 is 11.7 Å². The zero-order chi connectivity index (χ0) is 17.7. The summed E-state index contributed by atoms with van der Waals surface area (Å²) < 4.78 is 43.3. The van der Waals surface area contributed by atoms with Crippen LogP contribution in [0.5, 0.6) is 0 Å². The number of nitrogens with zero attached hydrogens (tertiary/aromatic N) is 2. The predicted octanol–water partition coefficient (Wildman–Crippen LogP) is 5.30. The second kappa shape index (κ2) is 8.15. The molecule has 0 aliphatic carbocycles. The number of benzene rings is 1. The molecule has 1 aromatic carbocycles.